The minimum absolute atomic E-state index is 0.0852. The molecule has 3 nitrogen and oxygen atoms in total. The molecule has 3 heteroatoms. The lowest BCUT2D eigenvalue weighted by molar-refractivity contribution is -0.0756. The van der Waals surface area contributed by atoms with E-state index in [0.717, 1.165) is 13.1 Å². The van der Waals surface area contributed by atoms with Gasteiger partial charge in [0, 0.05) is 19.1 Å². The first-order valence-electron chi connectivity index (χ1n) is 4.20. The summed E-state index contributed by atoms with van der Waals surface area (Å²) >= 11 is 0. The molecule has 0 radical (unpaired) electrons. The molecule has 0 bridgehead atoms. The van der Waals surface area contributed by atoms with Crippen molar-refractivity contribution in [3.8, 4) is 0 Å². The molecule has 1 aliphatic heterocycles. The Balaban J connectivity index is 2.02. The summed E-state index contributed by atoms with van der Waals surface area (Å²) in [6, 6.07) is 0.506. The van der Waals surface area contributed by atoms with E-state index in [9.17, 15) is 0 Å². The van der Waals surface area contributed by atoms with Crippen LogP contribution in [0, 0.1) is 0 Å². The first kappa shape index (κ1) is 8.97. The zero-order chi connectivity index (χ0) is 8.32. The highest BCUT2D eigenvalue weighted by Crippen LogP contribution is 2.13. The summed E-state index contributed by atoms with van der Waals surface area (Å²) in [4.78, 5) is 0. The van der Waals surface area contributed by atoms with Gasteiger partial charge in [0.15, 0.2) is 0 Å². The highest BCUT2D eigenvalue weighted by Gasteiger charge is 2.32. The van der Waals surface area contributed by atoms with Gasteiger partial charge in [-0.25, -0.2) is 0 Å². The van der Waals surface area contributed by atoms with Gasteiger partial charge in [0.1, 0.15) is 0 Å². The Morgan fingerprint density at radius 3 is 2.55 bits per heavy atom. The van der Waals surface area contributed by atoms with Crippen molar-refractivity contribution in [2.24, 2.45) is 0 Å². The summed E-state index contributed by atoms with van der Waals surface area (Å²) in [6.45, 7) is 8.98. The monoisotopic (exact) mass is 158 g/mol. The number of rotatable bonds is 4. The largest absolute Gasteiger partial charge is 0.357 e. The Hall–Kier alpha value is -0.120. The molecule has 0 aromatic rings. The molecule has 2 N–H and O–H groups in total. The van der Waals surface area contributed by atoms with Crippen LogP contribution in [0.15, 0.2) is 0 Å². The van der Waals surface area contributed by atoms with Crippen LogP contribution in [-0.4, -0.2) is 31.5 Å². The normalized spacial score (nSPS) is 21.8. The molecule has 0 unspecified atom stereocenters. The van der Waals surface area contributed by atoms with Gasteiger partial charge in [0.2, 0.25) is 0 Å². The highest BCUT2D eigenvalue weighted by molar-refractivity contribution is 4.89. The molecule has 1 saturated heterocycles. The maximum atomic E-state index is 5.60. The lowest BCUT2D eigenvalue weighted by Gasteiger charge is -2.39. The van der Waals surface area contributed by atoms with E-state index in [-0.39, 0.29) is 5.60 Å². The van der Waals surface area contributed by atoms with Crippen LogP contribution in [-0.2, 0) is 4.74 Å². The molecule has 66 valence electrons. The van der Waals surface area contributed by atoms with Gasteiger partial charge in [-0.15, -0.1) is 0 Å². The second-order valence-corrected chi connectivity index (χ2v) is 3.70. The Morgan fingerprint density at radius 2 is 2.18 bits per heavy atom. The van der Waals surface area contributed by atoms with Crippen LogP contribution in [0.25, 0.3) is 0 Å². The zero-order valence-corrected chi connectivity index (χ0v) is 7.61. The summed E-state index contributed by atoms with van der Waals surface area (Å²) in [5.74, 6) is 0. The quantitative estimate of drug-likeness (QED) is 0.578. The summed E-state index contributed by atoms with van der Waals surface area (Å²) in [6.07, 6.45) is 0. The van der Waals surface area contributed by atoms with Crippen LogP contribution in [0.5, 0.6) is 0 Å². The topological polar surface area (TPSA) is 33.3 Å². The molecule has 1 fully saturated rings. The first-order valence-corrected chi connectivity index (χ1v) is 4.20. The molecule has 0 saturated carbocycles. The fourth-order valence-corrected chi connectivity index (χ4v) is 0.962. The van der Waals surface area contributed by atoms with Crippen molar-refractivity contribution < 1.29 is 4.74 Å². The molecule has 0 aromatic carbocycles. The molecule has 0 atom stereocenters. The van der Waals surface area contributed by atoms with Crippen molar-refractivity contribution in [3.63, 3.8) is 0 Å². The third kappa shape index (κ3) is 2.77. The molecule has 1 rings (SSSR count). The van der Waals surface area contributed by atoms with Crippen LogP contribution in [0.1, 0.15) is 20.8 Å². The standard InChI is InChI=1S/C8H18N2O/c1-7(2)10-6-11-8(3)4-9-5-8/h7,9-10H,4-6H2,1-3H3. The van der Waals surface area contributed by atoms with Crippen LogP contribution >= 0.6 is 0 Å². The minimum atomic E-state index is 0.0852. The molecule has 0 amide bonds. The van der Waals surface area contributed by atoms with Crippen LogP contribution in [0.2, 0.25) is 0 Å². The van der Waals surface area contributed by atoms with Gasteiger partial charge in [-0.3, -0.25) is 5.32 Å². The average molecular weight is 158 g/mol. The Bertz CT molecular complexity index is 121. The zero-order valence-electron chi connectivity index (χ0n) is 7.61. The van der Waals surface area contributed by atoms with E-state index in [4.69, 9.17) is 4.74 Å². The lowest BCUT2D eigenvalue weighted by Crippen LogP contribution is -2.59. The summed E-state index contributed by atoms with van der Waals surface area (Å²) in [5.41, 5.74) is 0.0852. The van der Waals surface area contributed by atoms with Crippen molar-refractivity contribution in [2.75, 3.05) is 19.8 Å². The van der Waals surface area contributed by atoms with E-state index in [1.54, 1.807) is 0 Å². The smallest absolute Gasteiger partial charge is 0.0975 e. The number of nitrogens with one attached hydrogen (secondary N) is 2. The average Bonchev–Trinajstić information content (AvgIpc) is 1.83. The first-order chi connectivity index (χ1) is 5.12. The third-order valence-corrected chi connectivity index (χ3v) is 1.91. The molecule has 1 heterocycles. The van der Waals surface area contributed by atoms with Gasteiger partial charge in [0.05, 0.1) is 12.3 Å². The van der Waals surface area contributed by atoms with Crippen molar-refractivity contribution >= 4 is 0 Å². The van der Waals surface area contributed by atoms with E-state index in [0.29, 0.717) is 12.8 Å². The molecule has 0 spiro atoms. The Kier molecular flexibility index (Phi) is 2.87. The molecule has 1 aliphatic rings. The minimum Gasteiger partial charge on any atom is -0.357 e. The van der Waals surface area contributed by atoms with Gasteiger partial charge >= 0.3 is 0 Å². The van der Waals surface area contributed by atoms with Gasteiger partial charge in [-0.05, 0) is 20.8 Å². The number of hydrogen-bond acceptors (Lipinski definition) is 3. The van der Waals surface area contributed by atoms with Crippen LogP contribution in [0.3, 0.4) is 0 Å². The molecular formula is C8H18N2O. The van der Waals surface area contributed by atoms with Gasteiger partial charge in [-0.2, -0.15) is 0 Å². The fraction of sp³-hybridized carbons (Fsp3) is 1.00. The predicted octanol–water partition coefficient (Wildman–Crippen LogP) is 0.320. The maximum absolute atomic E-state index is 5.60. The number of hydrogen-bond donors (Lipinski definition) is 2. The van der Waals surface area contributed by atoms with Crippen molar-refractivity contribution in [1.29, 1.82) is 0 Å². The number of ether oxygens (including phenoxy) is 1. The second kappa shape index (κ2) is 3.52. The fourth-order valence-electron chi connectivity index (χ4n) is 0.962. The van der Waals surface area contributed by atoms with E-state index in [2.05, 4.69) is 31.4 Å². The van der Waals surface area contributed by atoms with Crippen molar-refractivity contribution in [3.05, 3.63) is 0 Å². The van der Waals surface area contributed by atoms with E-state index < -0.39 is 0 Å². The summed E-state index contributed by atoms with van der Waals surface area (Å²) < 4.78 is 5.60. The van der Waals surface area contributed by atoms with Gasteiger partial charge < -0.3 is 10.1 Å². The molecular weight excluding hydrogens is 140 g/mol. The molecule has 0 aliphatic carbocycles. The van der Waals surface area contributed by atoms with E-state index >= 15 is 0 Å². The summed E-state index contributed by atoms with van der Waals surface area (Å²) in [7, 11) is 0. The van der Waals surface area contributed by atoms with E-state index in [1.807, 2.05) is 0 Å². The van der Waals surface area contributed by atoms with Crippen LogP contribution in [0.4, 0.5) is 0 Å². The third-order valence-electron chi connectivity index (χ3n) is 1.91. The van der Waals surface area contributed by atoms with E-state index in [1.165, 1.54) is 0 Å². The summed E-state index contributed by atoms with van der Waals surface area (Å²) in [5, 5.41) is 6.41. The second-order valence-electron chi connectivity index (χ2n) is 3.70. The van der Waals surface area contributed by atoms with Crippen molar-refractivity contribution in [1.82, 2.24) is 10.6 Å². The molecule has 11 heavy (non-hydrogen) atoms. The maximum Gasteiger partial charge on any atom is 0.0975 e. The Labute approximate surface area is 68.5 Å². The van der Waals surface area contributed by atoms with Gasteiger partial charge in [-0.1, -0.05) is 0 Å². The lowest BCUT2D eigenvalue weighted by atomic mass is 10.0. The van der Waals surface area contributed by atoms with Gasteiger partial charge in [0.25, 0.3) is 0 Å². The molecule has 0 aromatic heterocycles. The Morgan fingerprint density at radius 1 is 1.55 bits per heavy atom. The SMILES string of the molecule is CC(C)NCOC1(C)CNC1. The predicted molar refractivity (Wildman–Crippen MR) is 45.5 cm³/mol. The van der Waals surface area contributed by atoms with Crippen molar-refractivity contribution in [2.45, 2.75) is 32.4 Å². The van der Waals surface area contributed by atoms with Crippen LogP contribution < -0.4 is 10.6 Å². The highest BCUT2D eigenvalue weighted by atomic mass is 16.5.